The number of nitrogens with one attached hydrogen (secondary N) is 3. The van der Waals surface area contributed by atoms with Crippen molar-refractivity contribution in [3.05, 3.63) is 40.7 Å². The normalized spacial score (nSPS) is 31.0. The van der Waals surface area contributed by atoms with Gasteiger partial charge in [-0.25, -0.2) is 4.99 Å². The van der Waals surface area contributed by atoms with Crippen LogP contribution in [0.25, 0.3) is 0 Å². The highest BCUT2D eigenvalue weighted by atomic mass is 35.5. The highest BCUT2D eigenvalue weighted by molar-refractivity contribution is 6.31. The SMILES string of the molecule is COC1N=CC(OCC(=O)NC23CC(NC(=O)[C@H]4CC(=O)c5cc(Cl)ccc5O4)(C2)C3)=CN1. The molecule has 1 aromatic rings. The van der Waals surface area contributed by atoms with Crippen LogP contribution in [0, 0.1) is 0 Å². The van der Waals surface area contributed by atoms with Crippen molar-refractivity contribution in [1.29, 1.82) is 0 Å². The molecule has 5 aliphatic rings. The first-order valence-electron chi connectivity index (χ1n) is 10.6. The number of carbonyl (C=O) groups excluding carboxylic acids is 3. The van der Waals surface area contributed by atoms with Crippen molar-refractivity contribution in [3.8, 4) is 5.75 Å². The van der Waals surface area contributed by atoms with Crippen molar-refractivity contribution >= 4 is 35.4 Å². The fourth-order valence-corrected chi connectivity index (χ4v) is 5.07. The topological polar surface area (TPSA) is 127 Å². The number of aliphatic imine (C=N–C) groups is 1. The molecule has 0 aromatic heterocycles. The fourth-order valence-electron chi connectivity index (χ4n) is 4.90. The van der Waals surface area contributed by atoms with Gasteiger partial charge < -0.3 is 30.2 Å². The zero-order valence-electron chi connectivity index (χ0n) is 17.9. The van der Waals surface area contributed by atoms with Gasteiger partial charge >= 0.3 is 0 Å². The van der Waals surface area contributed by atoms with E-state index in [2.05, 4.69) is 20.9 Å². The number of hydrogen-bond donors (Lipinski definition) is 3. The number of halogens is 1. The Bertz CT molecular complexity index is 1070. The minimum absolute atomic E-state index is 0.0341. The molecule has 33 heavy (non-hydrogen) atoms. The standard InChI is InChI=1S/C22H23ClN4O6/c1-31-20-24-6-13(7-25-20)32-8-18(29)26-21-9-22(10-21,11-21)27-19(30)17-5-15(28)14-4-12(23)2-3-16(14)33-17/h2-4,6-7,17,20,24H,5,8-11H2,1H3,(H,26,29)(H,27,30)/t17-,20?,21?,22?/m1/s1. The lowest BCUT2D eigenvalue weighted by Crippen LogP contribution is -2.84. The van der Waals surface area contributed by atoms with Crippen LogP contribution in [0.5, 0.6) is 5.75 Å². The van der Waals surface area contributed by atoms with Crippen LogP contribution in [0.3, 0.4) is 0 Å². The Morgan fingerprint density at radius 2 is 2.03 bits per heavy atom. The highest BCUT2D eigenvalue weighted by Crippen LogP contribution is 2.60. The molecule has 10 nitrogen and oxygen atoms in total. The smallest absolute Gasteiger partial charge is 0.261 e. The minimum Gasteiger partial charge on any atom is -0.481 e. The van der Waals surface area contributed by atoms with E-state index in [1.165, 1.54) is 13.3 Å². The third kappa shape index (κ3) is 4.16. The zero-order valence-corrected chi connectivity index (χ0v) is 18.6. The summed E-state index contributed by atoms with van der Waals surface area (Å²) in [7, 11) is 1.53. The first kappa shape index (κ1) is 21.7. The highest BCUT2D eigenvalue weighted by Gasteiger charge is 2.69. The van der Waals surface area contributed by atoms with Gasteiger partial charge in [0.1, 0.15) is 5.75 Å². The first-order valence-corrected chi connectivity index (χ1v) is 10.9. The molecule has 2 atom stereocenters. The third-order valence-electron chi connectivity index (χ3n) is 6.30. The van der Waals surface area contributed by atoms with Crippen molar-refractivity contribution in [1.82, 2.24) is 16.0 Å². The number of benzene rings is 1. The maximum Gasteiger partial charge on any atom is 0.261 e. The van der Waals surface area contributed by atoms with E-state index in [0.29, 0.717) is 41.4 Å². The molecule has 174 valence electrons. The van der Waals surface area contributed by atoms with Crippen molar-refractivity contribution in [2.24, 2.45) is 4.99 Å². The van der Waals surface area contributed by atoms with Crippen LogP contribution in [0.4, 0.5) is 0 Å². The molecule has 3 N–H and O–H groups in total. The molecule has 3 fully saturated rings. The summed E-state index contributed by atoms with van der Waals surface area (Å²) in [5, 5.41) is 9.31. The Balaban J connectivity index is 1.07. The molecule has 2 heterocycles. The lowest BCUT2D eigenvalue weighted by atomic mass is 9.44. The summed E-state index contributed by atoms with van der Waals surface area (Å²) in [6, 6.07) is 4.77. The van der Waals surface area contributed by atoms with Gasteiger partial charge in [0, 0.05) is 29.4 Å². The molecule has 2 aliphatic heterocycles. The predicted octanol–water partition coefficient (Wildman–Crippen LogP) is 1.04. The predicted molar refractivity (Wildman–Crippen MR) is 117 cm³/mol. The van der Waals surface area contributed by atoms with Gasteiger partial charge in [-0.2, -0.15) is 0 Å². The van der Waals surface area contributed by atoms with E-state index in [1.807, 2.05) is 0 Å². The van der Waals surface area contributed by atoms with E-state index < -0.39 is 12.5 Å². The van der Waals surface area contributed by atoms with Gasteiger partial charge in [0.15, 0.2) is 24.3 Å². The second-order valence-electron chi connectivity index (χ2n) is 8.87. The third-order valence-corrected chi connectivity index (χ3v) is 6.53. The number of ether oxygens (including phenoxy) is 3. The molecule has 11 heteroatoms. The van der Waals surface area contributed by atoms with E-state index in [9.17, 15) is 14.4 Å². The average molecular weight is 475 g/mol. The average Bonchev–Trinajstić information content (AvgIpc) is 2.76. The van der Waals surface area contributed by atoms with Gasteiger partial charge in [0.05, 0.1) is 18.2 Å². The number of ketones is 1. The summed E-state index contributed by atoms with van der Waals surface area (Å²) in [5.41, 5.74) is -0.296. The number of carbonyl (C=O) groups is 3. The summed E-state index contributed by atoms with van der Waals surface area (Å²) < 4.78 is 16.2. The Morgan fingerprint density at radius 1 is 1.27 bits per heavy atom. The summed E-state index contributed by atoms with van der Waals surface area (Å²) in [6.45, 7) is -0.139. The second-order valence-corrected chi connectivity index (χ2v) is 9.31. The molecular weight excluding hydrogens is 452 g/mol. The molecule has 1 unspecified atom stereocenters. The number of hydrogen-bond acceptors (Lipinski definition) is 8. The Morgan fingerprint density at radius 3 is 2.73 bits per heavy atom. The Kier molecular flexibility index (Phi) is 5.29. The zero-order chi connectivity index (χ0) is 23.2. The van der Waals surface area contributed by atoms with Crippen LogP contribution in [0.15, 0.2) is 35.2 Å². The Hall–Kier alpha value is -3.11. The number of fused-ring (bicyclic) bond motifs is 1. The summed E-state index contributed by atoms with van der Waals surface area (Å²) in [5.74, 6) is 0.0618. The van der Waals surface area contributed by atoms with E-state index in [-0.39, 0.29) is 41.7 Å². The van der Waals surface area contributed by atoms with Crippen LogP contribution in [-0.2, 0) is 19.1 Å². The fraction of sp³-hybridized carbons (Fsp3) is 0.455. The van der Waals surface area contributed by atoms with Gasteiger partial charge in [-0.1, -0.05) is 11.6 Å². The molecule has 2 amide bonds. The van der Waals surface area contributed by atoms with Crippen molar-refractivity contribution in [3.63, 3.8) is 0 Å². The molecule has 2 bridgehead atoms. The van der Waals surface area contributed by atoms with Crippen LogP contribution in [-0.4, -0.2) is 61.1 Å². The molecule has 1 aromatic carbocycles. The van der Waals surface area contributed by atoms with Crippen molar-refractivity contribution in [2.75, 3.05) is 13.7 Å². The Labute approximate surface area is 194 Å². The van der Waals surface area contributed by atoms with Crippen LogP contribution < -0.4 is 20.7 Å². The maximum absolute atomic E-state index is 12.7. The number of amides is 2. The monoisotopic (exact) mass is 474 g/mol. The molecule has 0 radical (unpaired) electrons. The number of rotatable bonds is 7. The van der Waals surface area contributed by atoms with Crippen molar-refractivity contribution in [2.45, 2.75) is 49.2 Å². The lowest BCUT2D eigenvalue weighted by Gasteiger charge is -2.70. The number of methoxy groups -OCH3 is 1. The molecule has 3 saturated carbocycles. The summed E-state index contributed by atoms with van der Waals surface area (Å²) in [6.07, 6.45) is 3.61. The van der Waals surface area contributed by atoms with E-state index in [4.69, 9.17) is 25.8 Å². The van der Waals surface area contributed by atoms with Crippen LogP contribution >= 0.6 is 11.6 Å². The van der Waals surface area contributed by atoms with Gasteiger partial charge in [0.25, 0.3) is 11.8 Å². The molecule has 6 rings (SSSR count). The van der Waals surface area contributed by atoms with Crippen LogP contribution in [0.2, 0.25) is 5.02 Å². The van der Waals surface area contributed by atoms with Crippen molar-refractivity contribution < 1.29 is 28.6 Å². The number of Topliss-reactive ketones (excluding diaryl/α,β-unsaturated/α-hetero) is 1. The van der Waals surface area contributed by atoms with E-state index in [0.717, 1.165) is 0 Å². The maximum atomic E-state index is 12.7. The number of allylic oxidation sites excluding steroid dienone is 1. The lowest BCUT2D eigenvalue weighted by molar-refractivity contribution is -0.154. The molecule has 0 spiro atoms. The van der Waals surface area contributed by atoms with Gasteiger partial charge in [0.2, 0.25) is 6.35 Å². The van der Waals surface area contributed by atoms with Gasteiger partial charge in [-0.05, 0) is 37.5 Å². The van der Waals surface area contributed by atoms with Gasteiger partial charge in [-0.15, -0.1) is 0 Å². The second kappa shape index (κ2) is 8.03. The molecular formula is C22H23ClN4O6. The quantitative estimate of drug-likeness (QED) is 0.538. The van der Waals surface area contributed by atoms with E-state index >= 15 is 0 Å². The summed E-state index contributed by atoms with van der Waals surface area (Å²) >= 11 is 5.94. The summed E-state index contributed by atoms with van der Waals surface area (Å²) in [4.78, 5) is 41.5. The van der Waals surface area contributed by atoms with Gasteiger partial charge in [-0.3, -0.25) is 14.4 Å². The largest absolute Gasteiger partial charge is 0.481 e. The minimum atomic E-state index is -0.879. The number of nitrogens with zero attached hydrogens (tertiary/aromatic N) is 1. The van der Waals surface area contributed by atoms with Crippen LogP contribution in [0.1, 0.15) is 36.0 Å². The van der Waals surface area contributed by atoms with E-state index in [1.54, 1.807) is 24.4 Å². The first-order chi connectivity index (χ1) is 15.8. The molecule has 0 saturated heterocycles. The molecule has 3 aliphatic carbocycles.